The molecule has 1 fully saturated rings. The Kier molecular flexibility index (Phi) is 4.53. The van der Waals surface area contributed by atoms with Crippen LogP contribution < -0.4 is 5.56 Å². The molecular weight excluding hydrogens is 386 g/mol. The van der Waals surface area contributed by atoms with Gasteiger partial charge in [0.1, 0.15) is 5.56 Å². The van der Waals surface area contributed by atoms with Gasteiger partial charge in [0, 0.05) is 0 Å². The number of para-hydroxylation sites is 1. The molecule has 3 heterocycles. The second-order valence-electron chi connectivity index (χ2n) is 7.61. The molecule has 10 heteroatoms. The maximum absolute atomic E-state index is 12.9. The van der Waals surface area contributed by atoms with Gasteiger partial charge in [-0.2, -0.15) is 5.10 Å². The number of carbonyl (C=O) groups is 1. The SMILES string of the molecule is CC(OC(=O)c1cnn2c1[nH]c(=O)c1ccccc12)c1nnnn1C1CCCCC1. The summed E-state index contributed by atoms with van der Waals surface area (Å²) in [6.45, 7) is 1.74. The molecule has 4 aromatic rings. The van der Waals surface area contributed by atoms with Crippen LogP contribution >= 0.6 is 0 Å². The fraction of sp³-hybridized carbons (Fsp3) is 0.400. The molecule has 0 saturated heterocycles. The summed E-state index contributed by atoms with van der Waals surface area (Å²) in [4.78, 5) is 28.0. The Morgan fingerprint density at radius 2 is 2.03 bits per heavy atom. The highest BCUT2D eigenvalue weighted by Crippen LogP contribution is 2.30. The molecule has 0 radical (unpaired) electrons. The second-order valence-corrected chi connectivity index (χ2v) is 7.61. The molecule has 5 rings (SSSR count). The average molecular weight is 407 g/mol. The van der Waals surface area contributed by atoms with Gasteiger partial charge in [0.05, 0.1) is 23.1 Å². The van der Waals surface area contributed by atoms with E-state index in [2.05, 4.69) is 25.6 Å². The van der Waals surface area contributed by atoms with Crippen LogP contribution in [0, 0.1) is 0 Å². The first kappa shape index (κ1) is 18.5. The normalized spacial score (nSPS) is 16.2. The van der Waals surface area contributed by atoms with Crippen molar-refractivity contribution in [2.24, 2.45) is 0 Å². The predicted molar refractivity (Wildman–Crippen MR) is 107 cm³/mol. The van der Waals surface area contributed by atoms with Gasteiger partial charge in [0.25, 0.3) is 5.56 Å². The quantitative estimate of drug-likeness (QED) is 0.516. The molecule has 1 aliphatic rings. The van der Waals surface area contributed by atoms with E-state index < -0.39 is 12.1 Å². The maximum atomic E-state index is 12.9. The predicted octanol–water partition coefficient (Wildman–Crippen LogP) is 2.59. The topological polar surface area (TPSA) is 120 Å². The van der Waals surface area contributed by atoms with E-state index in [4.69, 9.17) is 4.74 Å². The van der Waals surface area contributed by atoms with E-state index in [1.807, 2.05) is 6.07 Å². The van der Waals surface area contributed by atoms with Crippen LogP contribution in [0.2, 0.25) is 0 Å². The van der Waals surface area contributed by atoms with E-state index in [1.165, 1.54) is 17.1 Å². The van der Waals surface area contributed by atoms with Gasteiger partial charge in [0.2, 0.25) is 0 Å². The molecule has 1 atom stereocenters. The van der Waals surface area contributed by atoms with Crippen LogP contribution in [-0.4, -0.2) is 40.8 Å². The van der Waals surface area contributed by atoms with Crippen molar-refractivity contribution in [1.29, 1.82) is 0 Å². The fourth-order valence-corrected chi connectivity index (χ4v) is 4.16. The standard InChI is InChI=1S/C20H21N7O3/c1-12(17-23-24-25-26(17)13-7-3-2-4-8-13)30-20(29)15-11-21-27-16-10-6-5-9-14(16)19(28)22-18(15)27/h5-6,9-13H,2-4,7-8H2,1H3,(H,22,28). The summed E-state index contributed by atoms with van der Waals surface area (Å²) in [5.74, 6) is -0.0766. The van der Waals surface area contributed by atoms with E-state index in [0.717, 1.165) is 25.7 Å². The van der Waals surface area contributed by atoms with Gasteiger partial charge in [-0.15, -0.1) is 5.10 Å². The van der Waals surface area contributed by atoms with E-state index in [0.29, 0.717) is 22.4 Å². The molecule has 1 N–H and O–H groups in total. The van der Waals surface area contributed by atoms with Gasteiger partial charge in [-0.25, -0.2) is 14.0 Å². The van der Waals surface area contributed by atoms with Gasteiger partial charge in [-0.3, -0.25) is 4.79 Å². The zero-order chi connectivity index (χ0) is 20.7. The van der Waals surface area contributed by atoms with Crippen LogP contribution in [0.3, 0.4) is 0 Å². The minimum atomic E-state index is -0.642. The average Bonchev–Trinajstić information content (AvgIpc) is 3.42. The summed E-state index contributed by atoms with van der Waals surface area (Å²) >= 11 is 0. The molecule has 10 nitrogen and oxygen atoms in total. The first-order valence-corrected chi connectivity index (χ1v) is 10.1. The number of esters is 1. The van der Waals surface area contributed by atoms with Crippen molar-refractivity contribution >= 4 is 22.5 Å². The van der Waals surface area contributed by atoms with Gasteiger partial charge in [-0.1, -0.05) is 31.4 Å². The monoisotopic (exact) mass is 407 g/mol. The molecule has 0 bridgehead atoms. The molecule has 154 valence electrons. The van der Waals surface area contributed by atoms with Gasteiger partial charge in [0.15, 0.2) is 17.6 Å². The Hall–Kier alpha value is -3.56. The summed E-state index contributed by atoms with van der Waals surface area (Å²) in [7, 11) is 0. The molecule has 0 amide bonds. The van der Waals surface area contributed by atoms with Crippen molar-refractivity contribution in [1.82, 2.24) is 34.8 Å². The number of fused-ring (bicyclic) bond motifs is 3. The number of hydrogen-bond acceptors (Lipinski definition) is 7. The Balaban J connectivity index is 1.44. The van der Waals surface area contributed by atoms with Crippen LogP contribution in [0.1, 0.15) is 67.4 Å². The van der Waals surface area contributed by atoms with Crippen LogP contribution in [0.5, 0.6) is 0 Å². The molecule has 1 aromatic carbocycles. The number of tetrazole rings is 1. The van der Waals surface area contributed by atoms with Crippen molar-refractivity contribution in [3.05, 3.63) is 52.2 Å². The zero-order valence-electron chi connectivity index (χ0n) is 16.5. The number of aromatic nitrogens is 7. The highest BCUT2D eigenvalue weighted by Gasteiger charge is 2.26. The summed E-state index contributed by atoms with van der Waals surface area (Å²) in [6, 6.07) is 7.31. The highest BCUT2D eigenvalue weighted by atomic mass is 16.5. The minimum absolute atomic E-state index is 0.182. The lowest BCUT2D eigenvalue weighted by molar-refractivity contribution is 0.0306. The molecule has 1 saturated carbocycles. The molecule has 1 aliphatic carbocycles. The number of ether oxygens (including phenoxy) is 1. The number of nitrogens with one attached hydrogen (secondary N) is 1. The Morgan fingerprint density at radius 1 is 1.23 bits per heavy atom. The number of aromatic amines is 1. The lowest BCUT2D eigenvalue weighted by atomic mass is 9.95. The zero-order valence-corrected chi connectivity index (χ0v) is 16.5. The van der Waals surface area contributed by atoms with E-state index in [9.17, 15) is 9.59 Å². The molecule has 3 aromatic heterocycles. The summed E-state index contributed by atoms with van der Waals surface area (Å²) < 4.78 is 8.97. The number of rotatable bonds is 4. The Morgan fingerprint density at radius 3 is 2.87 bits per heavy atom. The van der Waals surface area contributed by atoms with E-state index >= 15 is 0 Å². The number of H-pyrrole nitrogens is 1. The highest BCUT2D eigenvalue weighted by molar-refractivity contribution is 5.97. The minimum Gasteiger partial charge on any atom is -0.451 e. The number of carbonyl (C=O) groups excluding carboxylic acids is 1. The third-order valence-corrected chi connectivity index (χ3v) is 5.68. The first-order chi connectivity index (χ1) is 14.6. The third kappa shape index (κ3) is 3.04. The first-order valence-electron chi connectivity index (χ1n) is 10.1. The van der Waals surface area contributed by atoms with Crippen molar-refractivity contribution in [3.8, 4) is 0 Å². The molecule has 0 aliphatic heterocycles. The van der Waals surface area contributed by atoms with Crippen molar-refractivity contribution in [2.45, 2.75) is 51.2 Å². The smallest absolute Gasteiger partial charge is 0.344 e. The van der Waals surface area contributed by atoms with Crippen LogP contribution in [0.4, 0.5) is 0 Å². The van der Waals surface area contributed by atoms with Gasteiger partial charge >= 0.3 is 5.97 Å². The summed E-state index contributed by atoms with van der Waals surface area (Å²) in [5, 5.41) is 16.8. The molecular formula is C20H21N7O3. The van der Waals surface area contributed by atoms with Gasteiger partial charge < -0.3 is 9.72 Å². The fourth-order valence-electron chi connectivity index (χ4n) is 4.16. The number of nitrogens with zero attached hydrogens (tertiary/aromatic N) is 6. The van der Waals surface area contributed by atoms with Gasteiger partial charge in [-0.05, 0) is 42.3 Å². The lowest BCUT2D eigenvalue weighted by Crippen LogP contribution is -2.20. The van der Waals surface area contributed by atoms with Crippen molar-refractivity contribution < 1.29 is 9.53 Å². The molecule has 1 unspecified atom stereocenters. The Labute approximate surface area is 170 Å². The number of benzene rings is 1. The summed E-state index contributed by atoms with van der Waals surface area (Å²) in [5.41, 5.74) is 0.802. The van der Waals surface area contributed by atoms with Crippen molar-refractivity contribution in [3.63, 3.8) is 0 Å². The third-order valence-electron chi connectivity index (χ3n) is 5.68. The van der Waals surface area contributed by atoms with Crippen LogP contribution in [-0.2, 0) is 4.74 Å². The maximum Gasteiger partial charge on any atom is 0.344 e. The van der Waals surface area contributed by atoms with Crippen LogP contribution in [0.15, 0.2) is 35.3 Å². The Bertz CT molecular complexity index is 1280. The molecule has 0 spiro atoms. The van der Waals surface area contributed by atoms with E-state index in [-0.39, 0.29) is 17.2 Å². The largest absolute Gasteiger partial charge is 0.451 e. The van der Waals surface area contributed by atoms with E-state index in [1.54, 1.807) is 29.8 Å². The molecule has 30 heavy (non-hydrogen) atoms. The van der Waals surface area contributed by atoms with Crippen LogP contribution in [0.25, 0.3) is 16.6 Å². The number of hydrogen-bond donors (Lipinski definition) is 1. The second kappa shape index (κ2) is 7.36. The summed E-state index contributed by atoms with van der Waals surface area (Å²) in [6.07, 6.45) is 6.29. The van der Waals surface area contributed by atoms with Crippen molar-refractivity contribution in [2.75, 3.05) is 0 Å². The lowest BCUT2D eigenvalue weighted by Gasteiger charge is -2.23.